The number of carbonyl (C=O) groups is 1. The van der Waals surface area contributed by atoms with Crippen molar-refractivity contribution in [3.05, 3.63) is 66.2 Å². The lowest BCUT2D eigenvalue weighted by atomic mass is 10.1. The van der Waals surface area contributed by atoms with E-state index in [0.29, 0.717) is 5.56 Å². The van der Waals surface area contributed by atoms with Crippen LogP contribution >= 0.6 is 0 Å². The highest BCUT2D eigenvalue weighted by atomic mass is 32.1. The van der Waals surface area contributed by atoms with Gasteiger partial charge < -0.3 is 4.90 Å². The van der Waals surface area contributed by atoms with Gasteiger partial charge in [0.25, 0.3) is 5.91 Å². The Balaban J connectivity index is 2.31. The lowest BCUT2D eigenvalue weighted by Crippen LogP contribution is -2.33. The highest BCUT2D eigenvalue weighted by molar-refractivity contribution is 7.69. The molecule has 0 saturated heterocycles. The van der Waals surface area contributed by atoms with Crippen molar-refractivity contribution >= 4 is 27.7 Å². The Hall–Kier alpha value is -2.20. The number of amides is 1. The van der Waals surface area contributed by atoms with Crippen LogP contribution in [0, 0.1) is 0 Å². The van der Waals surface area contributed by atoms with Crippen molar-refractivity contribution in [1.82, 2.24) is 0 Å². The number of anilines is 1. The zero-order valence-corrected chi connectivity index (χ0v) is 11.3. The summed E-state index contributed by atoms with van der Waals surface area (Å²) >= 11 is 0.230. The molecule has 0 aliphatic rings. The van der Waals surface area contributed by atoms with E-state index in [-0.39, 0.29) is 22.0 Å². The number of para-hydroxylation sites is 1. The molecule has 1 amide bonds. The number of hydrogen-bond donors (Lipinski definition) is 0. The third kappa shape index (κ3) is 2.98. The molecule has 0 bridgehead atoms. The number of hydrogen-bond acceptors (Lipinski definition) is 2. The fourth-order valence-electron chi connectivity index (χ4n) is 1.72. The van der Waals surface area contributed by atoms with E-state index in [4.69, 9.17) is 0 Å². The van der Waals surface area contributed by atoms with Crippen LogP contribution in [0.3, 0.4) is 0 Å². The summed E-state index contributed by atoms with van der Waals surface area (Å²) in [5, 5.41) is 0. The van der Waals surface area contributed by atoms with Gasteiger partial charge in [0, 0.05) is 18.3 Å². The molecule has 3 nitrogen and oxygen atoms in total. The lowest BCUT2D eigenvalue weighted by molar-refractivity contribution is -0.112. The number of likely N-dealkylation sites (N-methyl/N-ethyl adjacent to an activating group) is 1. The van der Waals surface area contributed by atoms with Gasteiger partial charge in [-0.2, -0.15) is 0 Å². The van der Waals surface area contributed by atoms with Crippen molar-refractivity contribution in [1.29, 1.82) is 0 Å². The summed E-state index contributed by atoms with van der Waals surface area (Å²) in [5.74, 6) is -0.294. The quantitative estimate of drug-likeness (QED) is 0.633. The molecule has 2 aromatic carbocycles. The van der Waals surface area contributed by atoms with Crippen LogP contribution in [0.1, 0.15) is 5.56 Å². The van der Waals surface area contributed by atoms with Crippen LogP contribution in [0.25, 0.3) is 0 Å². The molecular formula is C15H13NO2S. The van der Waals surface area contributed by atoms with Gasteiger partial charge in [-0.05, 0) is 12.1 Å². The Morgan fingerprint density at radius 3 is 2.00 bits per heavy atom. The predicted molar refractivity (Wildman–Crippen MR) is 78.5 cm³/mol. The molecule has 0 atom stereocenters. The SMILES string of the molecule is CN(C(=O)C(=S=O)c1ccccc1)c1ccccc1. The summed E-state index contributed by atoms with van der Waals surface area (Å²) in [5.41, 5.74) is 1.41. The molecule has 0 saturated carbocycles. The van der Waals surface area contributed by atoms with E-state index in [1.54, 1.807) is 31.3 Å². The van der Waals surface area contributed by atoms with Crippen LogP contribution < -0.4 is 4.90 Å². The minimum absolute atomic E-state index is 0.201. The maximum absolute atomic E-state index is 12.3. The van der Waals surface area contributed by atoms with Gasteiger partial charge >= 0.3 is 0 Å². The van der Waals surface area contributed by atoms with E-state index >= 15 is 0 Å². The van der Waals surface area contributed by atoms with Crippen LogP contribution in [0.4, 0.5) is 5.69 Å². The van der Waals surface area contributed by atoms with E-state index in [2.05, 4.69) is 0 Å². The molecular weight excluding hydrogens is 258 g/mol. The summed E-state index contributed by atoms with van der Waals surface area (Å²) in [6, 6.07) is 18.2. The first-order valence-corrected chi connectivity index (χ1v) is 6.53. The number of carbonyl (C=O) groups excluding carboxylic acids is 1. The van der Waals surface area contributed by atoms with Crippen molar-refractivity contribution in [3.63, 3.8) is 0 Å². The van der Waals surface area contributed by atoms with Gasteiger partial charge in [-0.15, -0.1) is 0 Å². The Kier molecular flexibility index (Phi) is 4.26. The number of benzene rings is 2. The summed E-state index contributed by atoms with van der Waals surface area (Å²) < 4.78 is 11.2. The number of rotatable bonds is 3. The summed E-state index contributed by atoms with van der Waals surface area (Å²) in [6.45, 7) is 0. The molecule has 0 aromatic heterocycles. The molecule has 0 aliphatic heterocycles. The minimum Gasteiger partial charge on any atom is -0.311 e. The van der Waals surface area contributed by atoms with E-state index in [1.165, 1.54) is 4.90 Å². The first-order chi connectivity index (χ1) is 9.24. The fraction of sp³-hybridized carbons (Fsp3) is 0.0667. The van der Waals surface area contributed by atoms with E-state index in [0.717, 1.165) is 5.69 Å². The zero-order chi connectivity index (χ0) is 13.7. The average molecular weight is 271 g/mol. The largest absolute Gasteiger partial charge is 0.311 e. The first-order valence-electron chi connectivity index (χ1n) is 5.79. The van der Waals surface area contributed by atoms with Crippen LogP contribution in [0.15, 0.2) is 60.7 Å². The fourth-order valence-corrected chi connectivity index (χ4v) is 2.16. The third-order valence-electron chi connectivity index (χ3n) is 2.76. The monoisotopic (exact) mass is 271 g/mol. The summed E-state index contributed by atoms with van der Waals surface area (Å²) in [6.07, 6.45) is 0. The Labute approximate surface area is 115 Å². The standard InChI is InChI=1S/C15H13NO2S/c1-16(13-10-6-3-7-11-13)15(17)14(19-18)12-8-4-2-5-9-12/h2-11H,1H3. The van der Waals surface area contributed by atoms with Crippen molar-refractivity contribution in [2.45, 2.75) is 0 Å². The number of nitrogens with zero attached hydrogens (tertiary/aromatic N) is 1. The molecule has 0 heterocycles. The molecule has 0 aliphatic carbocycles. The van der Waals surface area contributed by atoms with Gasteiger partial charge in [0.05, 0.1) is 0 Å². The van der Waals surface area contributed by atoms with Gasteiger partial charge in [0.15, 0.2) is 0 Å². The lowest BCUT2D eigenvalue weighted by Gasteiger charge is -2.17. The second-order valence-corrected chi connectivity index (χ2v) is 4.55. The van der Waals surface area contributed by atoms with Crippen LogP contribution in [-0.2, 0) is 16.1 Å². The Bertz CT molecular complexity index is 619. The summed E-state index contributed by atoms with van der Waals surface area (Å²) in [7, 11) is 1.66. The van der Waals surface area contributed by atoms with Gasteiger partial charge in [-0.25, -0.2) is 4.21 Å². The highest BCUT2D eigenvalue weighted by Crippen LogP contribution is 2.13. The zero-order valence-electron chi connectivity index (χ0n) is 10.4. The minimum atomic E-state index is -0.294. The van der Waals surface area contributed by atoms with Crippen molar-refractivity contribution in [2.75, 3.05) is 11.9 Å². The van der Waals surface area contributed by atoms with E-state index in [1.807, 2.05) is 36.4 Å². The highest BCUT2D eigenvalue weighted by Gasteiger charge is 2.18. The molecule has 2 rings (SSSR count). The maximum atomic E-state index is 12.3. The molecule has 19 heavy (non-hydrogen) atoms. The average Bonchev–Trinajstić information content (AvgIpc) is 2.49. The van der Waals surface area contributed by atoms with Gasteiger partial charge in [0.1, 0.15) is 16.1 Å². The second kappa shape index (κ2) is 6.11. The molecule has 0 N–H and O–H groups in total. The third-order valence-corrected chi connectivity index (χ3v) is 3.34. The topological polar surface area (TPSA) is 37.4 Å². The molecule has 0 spiro atoms. The van der Waals surface area contributed by atoms with Gasteiger partial charge in [-0.3, -0.25) is 4.79 Å². The Morgan fingerprint density at radius 2 is 1.47 bits per heavy atom. The molecule has 0 radical (unpaired) electrons. The molecule has 0 unspecified atom stereocenters. The first kappa shape index (κ1) is 13.2. The van der Waals surface area contributed by atoms with Crippen LogP contribution in [0.5, 0.6) is 0 Å². The molecule has 2 aromatic rings. The van der Waals surface area contributed by atoms with Crippen molar-refractivity contribution in [3.8, 4) is 0 Å². The molecule has 4 heteroatoms. The van der Waals surface area contributed by atoms with Gasteiger partial charge in [0.2, 0.25) is 0 Å². The van der Waals surface area contributed by atoms with Crippen LogP contribution in [-0.4, -0.2) is 22.0 Å². The second-order valence-electron chi connectivity index (χ2n) is 3.98. The van der Waals surface area contributed by atoms with E-state index < -0.39 is 0 Å². The van der Waals surface area contributed by atoms with Crippen molar-refractivity contribution < 1.29 is 9.00 Å². The van der Waals surface area contributed by atoms with Crippen LogP contribution in [0.2, 0.25) is 0 Å². The van der Waals surface area contributed by atoms with Gasteiger partial charge in [-0.1, -0.05) is 48.5 Å². The normalized spacial score (nSPS) is 9.74. The molecule has 96 valence electrons. The predicted octanol–water partition coefficient (Wildman–Crippen LogP) is 2.08. The van der Waals surface area contributed by atoms with Crippen molar-refractivity contribution in [2.24, 2.45) is 0 Å². The summed E-state index contributed by atoms with van der Waals surface area (Å²) in [4.78, 5) is 14.0. The maximum Gasteiger partial charge on any atom is 0.271 e. The smallest absolute Gasteiger partial charge is 0.271 e. The van der Waals surface area contributed by atoms with E-state index in [9.17, 15) is 9.00 Å². The Morgan fingerprint density at radius 1 is 0.947 bits per heavy atom. The molecule has 0 fully saturated rings.